The number of benzene rings is 1. The molecule has 0 saturated heterocycles. The molecule has 0 fully saturated rings. The second-order valence-corrected chi connectivity index (χ2v) is 6.43. The fourth-order valence-electron chi connectivity index (χ4n) is 2.58. The molecule has 1 aromatic carbocycles. The van der Waals surface area contributed by atoms with Crippen molar-refractivity contribution in [1.29, 1.82) is 0 Å². The van der Waals surface area contributed by atoms with E-state index in [1.54, 1.807) is 6.20 Å². The van der Waals surface area contributed by atoms with Crippen LogP contribution in [0.5, 0.6) is 0 Å². The largest absolute Gasteiger partial charge is 0.369 e. The highest BCUT2D eigenvalue weighted by Crippen LogP contribution is 2.17. The van der Waals surface area contributed by atoms with E-state index in [2.05, 4.69) is 45.5 Å². The molecule has 2 heterocycles. The maximum atomic E-state index is 12.2. The molecule has 6 heteroatoms. The zero-order valence-electron chi connectivity index (χ0n) is 14.5. The molecular formula is C19H23N5O. The Morgan fingerprint density at radius 1 is 1.20 bits per heavy atom. The van der Waals surface area contributed by atoms with Crippen molar-refractivity contribution in [2.75, 3.05) is 18.4 Å². The first-order valence-electron chi connectivity index (χ1n) is 8.52. The molecule has 0 aliphatic carbocycles. The van der Waals surface area contributed by atoms with E-state index in [-0.39, 0.29) is 5.91 Å². The number of aromatic amines is 1. The third kappa shape index (κ3) is 4.35. The lowest BCUT2D eigenvalue weighted by Crippen LogP contribution is -2.26. The SMILES string of the molecule is CC(C)CNc1cnc(C(=O)NCCc2c[nH]c3ccccc23)cn1. The first-order chi connectivity index (χ1) is 12.1. The molecule has 0 saturated carbocycles. The van der Waals surface area contributed by atoms with Crippen LogP contribution in [0, 0.1) is 5.92 Å². The molecule has 130 valence electrons. The number of amides is 1. The fraction of sp³-hybridized carbons (Fsp3) is 0.316. The second kappa shape index (κ2) is 7.79. The molecule has 3 N–H and O–H groups in total. The van der Waals surface area contributed by atoms with Crippen LogP contribution in [-0.2, 0) is 6.42 Å². The zero-order chi connectivity index (χ0) is 17.6. The summed E-state index contributed by atoms with van der Waals surface area (Å²) < 4.78 is 0. The molecule has 1 amide bonds. The number of nitrogens with one attached hydrogen (secondary N) is 3. The fourth-order valence-corrected chi connectivity index (χ4v) is 2.58. The van der Waals surface area contributed by atoms with Crippen LogP contribution in [-0.4, -0.2) is 33.9 Å². The molecule has 0 spiro atoms. The summed E-state index contributed by atoms with van der Waals surface area (Å²) in [5.41, 5.74) is 2.63. The number of hydrogen-bond donors (Lipinski definition) is 3. The Balaban J connectivity index is 1.52. The predicted molar refractivity (Wildman–Crippen MR) is 99.7 cm³/mol. The smallest absolute Gasteiger partial charge is 0.271 e. The maximum Gasteiger partial charge on any atom is 0.271 e. The number of aromatic nitrogens is 3. The van der Waals surface area contributed by atoms with Crippen molar-refractivity contribution < 1.29 is 4.79 Å². The first kappa shape index (κ1) is 17.0. The van der Waals surface area contributed by atoms with Crippen LogP contribution in [0.15, 0.2) is 42.9 Å². The molecular weight excluding hydrogens is 314 g/mol. The lowest BCUT2D eigenvalue weighted by molar-refractivity contribution is 0.0949. The second-order valence-electron chi connectivity index (χ2n) is 6.43. The lowest BCUT2D eigenvalue weighted by Gasteiger charge is -2.08. The van der Waals surface area contributed by atoms with Gasteiger partial charge < -0.3 is 15.6 Å². The van der Waals surface area contributed by atoms with Crippen molar-refractivity contribution >= 4 is 22.6 Å². The number of anilines is 1. The number of hydrogen-bond acceptors (Lipinski definition) is 4. The number of para-hydroxylation sites is 1. The quantitative estimate of drug-likeness (QED) is 0.619. The van der Waals surface area contributed by atoms with Crippen LogP contribution < -0.4 is 10.6 Å². The van der Waals surface area contributed by atoms with E-state index in [0.717, 1.165) is 18.5 Å². The standard InChI is InChI=1S/C19H23N5O/c1-13(2)9-23-18-12-22-17(11-24-18)19(25)20-8-7-14-10-21-16-6-4-3-5-15(14)16/h3-6,10-13,21H,7-9H2,1-2H3,(H,20,25)(H,23,24). The van der Waals surface area contributed by atoms with E-state index in [4.69, 9.17) is 0 Å². The van der Waals surface area contributed by atoms with Gasteiger partial charge in [-0.2, -0.15) is 0 Å². The van der Waals surface area contributed by atoms with Crippen molar-refractivity contribution in [3.8, 4) is 0 Å². The van der Waals surface area contributed by atoms with Crippen LogP contribution in [0.3, 0.4) is 0 Å². The summed E-state index contributed by atoms with van der Waals surface area (Å²) in [5.74, 6) is 1.00. The van der Waals surface area contributed by atoms with E-state index < -0.39 is 0 Å². The van der Waals surface area contributed by atoms with Crippen LogP contribution >= 0.6 is 0 Å². The van der Waals surface area contributed by atoms with Crippen molar-refractivity contribution in [2.45, 2.75) is 20.3 Å². The van der Waals surface area contributed by atoms with Crippen LogP contribution in [0.25, 0.3) is 10.9 Å². The molecule has 3 rings (SSSR count). The van der Waals surface area contributed by atoms with E-state index in [9.17, 15) is 4.79 Å². The van der Waals surface area contributed by atoms with Gasteiger partial charge in [-0.25, -0.2) is 9.97 Å². The summed E-state index contributed by atoms with van der Waals surface area (Å²) in [6.07, 6.45) is 5.85. The first-order valence-corrected chi connectivity index (χ1v) is 8.52. The van der Waals surface area contributed by atoms with Crippen molar-refractivity contribution in [3.63, 3.8) is 0 Å². The van der Waals surface area contributed by atoms with E-state index in [0.29, 0.717) is 24.0 Å². The Hall–Kier alpha value is -2.89. The minimum absolute atomic E-state index is 0.206. The molecule has 6 nitrogen and oxygen atoms in total. The highest BCUT2D eigenvalue weighted by Gasteiger charge is 2.09. The summed E-state index contributed by atoms with van der Waals surface area (Å²) in [7, 11) is 0. The molecule has 0 aliphatic rings. The number of carbonyl (C=O) groups excluding carboxylic acids is 1. The van der Waals surface area contributed by atoms with Gasteiger partial charge in [0.05, 0.1) is 12.4 Å². The van der Waals surface area contributed by atoms with E-state index >= 15 is 0 Å². The number of carbonyl (C=O) groups is 1. The van der Waals surface area contributed by atoms with E-state index in [1.807, 2.05) is 24.4 Å². The van der Waals surface area contributed by atoms with Gasteiger partial charge in [0.25, 0.3) is 5.91 Å². The molecule has 0 unspecified atom stereocenters. The third-order valence-corrected chi connectivity index (χ3v) is 3.93. The topological polar surface area (TPSA) is 82.7 Å². The molecule has 0 radical (unpaired) electrons. The monoisotopic (exact) mass is 337 g/mol. The van der Waals surface area contributed by atoms with Gasteiger partial charge >= 0.3 is 0 Å². The van der Waals surface area contributed by atoms with E-state index in [1.165, 1.54) is 17.1 Å². The maximum absolute atomic E-state index is 12.2. The van der Waals surface area contributed by atoms with Gasteiger partial charge in [0.15, 0.2) is 0 Å². The Morgan fingerprint density at radius 2 is 2.04 bits per heavy atom. The number of rotatable bonds is 7. The normalized spacial score (nSPS) is 11.0. The van der Waals surface area contributed by atoms with Gasteiger partial charge in [-0.15, -0.1) is 0 Å². The van der Waals surface area contributed by atoms with Gasteiger partial charge in [0.1, 0.15) is 11.5 Å². The highest BCUT2D eigenvalue weighted by atomic mass is 16.1. The molecule has 25 heavy (non-hydrogen) atoms. The van der Waals surface area contributed by atoms with Crippen LogP contribution in [0.4, 0.5) is 5.82 Å². The summed E-state index contributed by atoms with van der Waals surface area (Å²) >= 11 is 0. The third-order valence-electron chi connectivity index (χ3n) is 3.93. The predicted octanol–water partition coefficient (Wildman–Crippen LogP) is 3.00. The zero-order valence-corrected chi connectivity index (χ0v) is 14.5. The van der Waals surface area contributed by atoms with Gasteiger partial charge in [0.2, 0.25) is 0 Å². The molecule has 0 aliphatic heterocycles. The van der Waals surface area contributed by atoms with Gasteiger partial charge in [-0.3, -0.25) is 4.79 Å². The average molecular weight is 337 g/mol. The van der Waals surface area contributed by atoms with Crippen molar-refractivity contribution in [2.24, 2.45) is 5.92 Å². The molecule has 3 aromatic rings. The van der Waals surface area contributed by atoms with Crippen LogP contribution in [0.1, 0.15) is 29.9 Å². The van der Waals surface area contributed by atoms with Crippen molar-refractivity contribution in [1.82, 2.24) is 20.3 Å². The Labute approximate surface area is 147 Å². The number of nitrogens with zero attached hydrogens (tertiary/aromatic N) is 2. The van der Waals surface area contributed by atoms with Gasteiger partial charge in [-0.05, 0) is 24.0 Å². The van der Waals surface area contributed by atoms with Crippen molar-refractivity contribution in [3.05, 3.63) is 54.1 Å². The molecule has 0 bridgehead atoms. The molecule has 2 aromatic heterocycles. The van der Waals surface area contributed by atoms with Crippen LogP contribution in [0.2, 0.25) is 0 Å². The number of fused-ring (bicyclic) bond motifs is 1. The number of H-pyrrole nitrogens is 1. The lowest BCUT2D eigenvalue weighted by atomic mass is 10.1. The minimum Gasteiger partial charge on any atom is -0.369 e. The summed E-state index contributed by atoms with van der Waals surface area (Å²) in [6, 6.07) is 8.14. The minimum atomic E-state index is -0.206. The summed E-state index contributed by atoms with van der Waals surface area (Å²) in [4.78, 5) is 23.8. The van der Waals surface area contributed by atoms with Gasteiger partial charge in [0, 0.05) is 30.2 Å². The Bertz CT molecular complexity index is 838. The Morgan fingerprint density at radius 3 is 2.80 bits per heavy atom. The molecule has 0 atom stereocenters. The summed E-state index contributed by atoms with van der Waals surface area (Å²) in [6.45, 7) is 5.62. The Kier molecular flexibility index (Phi) is 5.28. The van der Waals surface area contributed by atoms with Gasteiger partial charge in [-0.1, -0.05) is 32.0 Å². The summed E-state index contributed by atoms with van der Waals surface area (Å²) in [5, 5.41) is 7.27. The average Bonchev–Trinajstić information content (AvgIpc) is 3.03. The highest BCUT2D eigenvalue weighted by molar-refractivity contribution is 5.92.